The molecule has 0 aromatic heterocycles. The Morgan fingerprint density at radius 3 is 2.37 bits per heavy atom. The Bertz CT molecular complexity index is 360. The van der Waals surface area contributed by atoms with Gasteiger partial charge in [0.05, 0.1) is 0 Å². The molecule has 2 nitrogen and oxygen atoms in total. The van der Waals surface area contributed by atoms with E-state index in [-0.39, 0.29) is 0 Å². The van der Waals surface area contributed by atoms with Gasteiger partial charge in [-0.05, 0) is 62.5 Å². The van der Waals surface area contributed by atoms with E-state index in [1.807, 2.05) is 0 Å². The van der Waals surface area contributed by atoms with Gasteiger partial charge in [0.15, 0.2) is 0 Å². The fraction of sp³-hybridized carbons (Fsp3) is 0.625. The molecule has 19 heavy (non-hydrogen) atoms. The van der Waals surface area contributed by atoms with Crippen molar-refractivity contribution in [2.24, 2.45) is 11.1 Å². The van der Waals surface area contributed by atoms with Crippen LogP contribution in [0.5, 0.6) is 0 Å². The lowest BCUT2D eigenvalue weighted by Gasteiger charge is -2.25. The monoisotopic (exact) mass is 326 g/mol. The minimum atomic E-state index is 0.382. The second-order valence-corrected chi connectivity index (χ2v) is 7.09. The first-order valence-electron chi connectivity index (χ1n) is 7.06. The minimum Gasteiger partial charge on any atom is -0.330 e. The molecule has 0 amide bonds. The van der Waals surface area contributed by atoms with Crippen molar-refractivity contribution in [2.45, 2.75) is 39.7 Å². The summed E-state index contributed by atoms with van der Waals surface area (Å²) in [5.74, 6) is 0. The number of benzene rings is 1. The van der Waals surface area contributed by atoms with Crippen LogP contribution < -0.4 is 5.73 Å². The molecule has 3 heteroatoms. The highest BCUT2D eigenvalue weighted by molar-refractivity contribution is 9.10. The van der Waals surface area contributed by atoms with E-state index >= 15 is 0 Å². The van der Waals surface area contributed by atoms with Gasteiger partial charge in [0.25, 0.3) is 0 Å². The third kappa shape index (κ3) is 7.09. The third-order valence-corrected chi connectivity index (χ3v) is 4.11. The maximum atomic E-state index is 5.65. The second kappa shape index (κ2) is 8.03. The van der Waals surface area contributed by atoms with Crippen LogP contribution >= 0.6 is 15.9 Å². The van der Waals surface area contributed by atoms with Crippen LogP contribution in [-0.2, 0) is 6.54 Å². The zero-order valence-electron chi connectivity index (χ0n) is 12.5. The maximum absolute atomic E-state index is 5.65. The first-order valence-corrected chi connectivity index (χ1v) is 7.85. The first kappa shape index (κ1) is 16.7. The highest BCUT2D eigenvalue weighted by Crippen LogP contribution is 2.25. The molecular weight excluding hydrogens is 300 g/mol. The van der Waals surface area contributed by atoms with Crippen molar-refractivity contribution >= 4 is 15.9 Å². The van der Waals surface area contributed by atoms with Crippen molar-refractivity contribution in [3.8, 4) is 0 Å². The van der Waals surface area contributed by atoms with Crippen LogP contribution in [0.3, 0.4) is 0 Å². The molecule has 0 atom stereocenters. The number of halogens is 1. The third-order valence-electron chi connectivity index (χ3n) is 3.58. The lowest BCUT2D eigenvalue weighted by atomic mass is 9.84. The average Bonchev–Trinajstić information content (AvgIpc) is 2.31. The molecule has 1 aromatic carbocycles. The summed E-state index contributed by atoms with van der Waals surface area (Å²) in [5, 5.41) is 0. The second-order valence-electron chi connectivity index (χ2n) is 6.17. The molecule has 108 valence electrons. The van der Waals surface area contributed by atoms with E-state index in [4.69, 9.17) is 5.73 Å². The summed E-state index contributed by atoms with van der Waals surface area (Å²) in [7, 11) is 2.19. The number of hydrogen-bond acceptors (Lipinski definition) is 2. The smallest absolute Gasteiger partial charge is 0.0230 e. The minimum absolute atomic E-state index is 0.382. The van der Waals surface area contributed by atoms with Gasteiger partial charge in [-0.25, -0.2) is 0 Å². The summed E-state index contributed by atoms with van der Waals surface area (Å²) in [6, 6.07) is 8.57. The molecule has 0 spiro atoms. The van der Waals surface area contributed by atoms with Crippen molar-refractivity contribution < 1.29 is 0 Å². The van der Waals surface area contributed by atoms with Gasteiger partial charge in [-0.2, -0.15) is 0 Å². The summed E-state index contributed by atoms with van der Waals surface area (Å²) >= 11 is 3.47. The molecule has 0 aliphatic rings. The van der Waals surface area contributed by atoms with Gasteiger partial charge in [0.2, 0.25) is 0 Å². The number of nitrogens with zero attached hydrogens (tertiary/aromatic N) is 1. The van der Waals surface area contributed by atoms with Crippen LogP contribution in [0.2, 0.25) is 0 Å². The van der Waals surface area contributed by atoms with Crippen molar-refractivity contribution in [2.75, 3.05) is 20.1 Å². The maximum Gasteiger partial charge on any atom is 0.0230 e. The predicted octanol–water partition coefficient (Wildman–Crippen LogP) is 4.04. The SMILES string of the molecule is CN(CCCC(C)(C)CCN)Cc1ccc(Br)cc1. The van der Waals surface area contributed by atoms with E-state index in [2.05, 4.69) is 66.0 Å². The molecule has 0 aliphatic heterocycles. The van der Waals surface area contributed by atoms with E-state index in [9.17, 15) is 0 Å². The average molecular weight is 327 g/mol. The molecule has 0 saturated heterocycles. The van der Waals surface area contributed by atoms with Crippen LogP contribution in [0.1, 0.15) is 38.7 Å². The Labute approximate surface area is 126 Å². The van der Waals surface area contributed by atoms with Gasteiger partial charge in [-0.15, -0.1) is 0 Å². The van der Waals surface area contributed by atoms with E-state index < -0.39 is 0 Å². The molecule has 2 N–H and O–H groups in total. The van der Waals surface area contributed by atoms with Crippen LogP contribution in [0.25, 0.3) is 0 Å². The normalized spacial score (nSPS) is 12.1. The van der Waals surface area contributed by atoms with Crippen LogP contribution in [0.15, 0.2) is 28.7 Å². The standard InChI is InChI=1S/C16H27BrN2/c1-16(2,10-11-18)9-4-12-19(3)13-14-5-7-15(17)8-6-14/h5-8H,4,9-13,18H2,1-3H3. The van der Waals surface area contributed by atoms with Gasteiger partial charge in [-0.1, -0.05) is 41.9 Å². The van der Waals surface area contributed by atoms with Crippen molar-refractivity contribution in [1.82, 2.24) is 4.90 Å². The van der Waals surface area contributed by atoms with Crippen molar-refractivity contribution in [3.05, 3.63) is 34.3 Å². The zero-order chi connectivity index (χ0) is 14.3. The van der Waals surface area contributed by atoms with Crippen molar-refractivity contribution in [1.29, 1.82) is 0 Å². The van der Waals surface area contributed by atoms with E-state index in [0.717, 1.165) is 30.5 Å². The molecule has 0 unspecified atom stereocenters. The summed E-state index contributed by atoms with van der Waals surface area (Å²) < 4.78 is 1.14. The molecule has 0 fully saturated rings. The molecule has 0 saturated carbocycles. The molecular formula is C16H27BrN2. The summed E-state index contributed by atoms with van der Waals surface area (Å²) in [4.78, 5) is 2.39. The fourth-order valence-electron chi connectivity index (χ4n) is 2.32. The Balaban J connectivity index is 2.28. The molecule has 0 aliphatic carbocycles. The molecule has 0 bridgehead atoms. The Morgan fingerprint density at radius 1 is 1.16 bits per heavy atom. The lowest BCUT2D eigenvalue weighted by Crippen LogP contribution is -2.22. The number of nitrogens with two attached hydrogens (primary N) is 1. The van der Waals surface area contributed by atoms with Crippen LogP contribution in [-0.4, -0.2) is 25.0 Å². The van der Waals surface area contributed by atoms with Gasteiger partial charge >= 0.3 is 0 Å². The van der Waals surface area contributed by atoms with E-state index in [1.165, 1.54) is 18.4 Å². The quantitative estimate of drug-likeness (QED) is 0.781. The predicted molar refractivity (Wildman–Crippen MR) is 87.2 cm³/mol. The Hall–Kier alpha value is -0.380. The highest BCUT2D eigenvalue weighted by Gasteiger charge is 2.16. The zero-order valence-corrected chi connectivity index (χ0v) is 14.0. The summed E-state index contributed by atoms with van der Waals surface area (Å²) in [6.45, 7) is 7.58. The number of hydrogen-bond donors (Lipinski definition) is 1. The fourth-order valence-corrected chi connectivity index (χ4v) is 2.59. The van der Waals surface area contributed by atoms with Gasteiger partial charge in [-0.3, -0.25) is 0 Å². The highest BCUT2D eigenvalue weighted by atomic mass is 79.9. The van der Waals surface area contributed by atoms with Crippen molar-refractivity contribution in [3.63, 3.8) is 0 Å². The van der Waals surface area contributed by atoms with Gasteiger partial charge < -0.3 is 10.6 Å². The Kier molecular flexibility index (Phi) is 7.05. The summed E-state index contributed by atoms with van der Waals surface area (Å²) in [6.07, 6.45) is 3.60. The van der Waals surface area contributed by atoms with Crippen LogP contribution in [0, 0.1) is 5.41 Å². The van der Waals surface area contributed by atoms with Crippen LogP contribution in [0.4, 0.5) is 0 Å². The lowest BCUT2D eigenvalue weighted by molar-refractivity contribution is 0.259. The summed E-state index contributed by atoms with van der Waals surface area (Å²) in [5.41, 5.74) is 7.40. The van der Waals surface area contributed by atoms with Gasteiger partial charge in [0, 0.05) is 11.0 Å². The first-order chi connectivity index (χ1) is 8.93. The Morgan fingerprint density at radius 2 is 1.79 bits per heavy atom. The topological polar surface area (TPSA) is 29.3 Å². The molecule has 1 rings (SSSR count). The van der Waals surface area contributed by atoms with E-state index in [0.29, 0.717) is 5.41 Å². The van der Waals surface area contributed by atoms with E-state index in [1.54, 1.807) is 0 Å². The largest absolute Gasteiger partial charge is 0.330 e. The number of rotatable bonds is 8. The molecule has 0 radical (unpaired) electrons. The van der Waals surface area contributed by atoms with Gasteiger partial charge in [0.1, 0.15) is 0 Å². The molecule has 0 heterocycles. The molecule has 1 aromatic rings.